The second-order valence-electron chi connectivity index (χ2n) is 4.42. The van der Waals surface area contributed by atoms with Crippen molar-refractivity contribution in [3.05, 3.63) is 72.3 Å². The van der Waals surface area contributed by atoms with Crippen molar-refractivity contribution >= 4 is 12.1 Å². The number of rotatable bonds is 4. The van der Waals surface area contributed by atoms with E-state index in [0.717, 1.165) is 5.56 Å². The van der Waals surface area contributed by atoms with E-state index in [1.54, 1.807) is 30.3 Å². The van der Waals surface area contributed by atoms with Gasteiger partial charge in [-0.15, -0.1) is 0 Å². The van der Waals surface area contributed by atoms with E-state index in [2.05, 4.69) is 10.5 Å². The van der Waals surface area contributed by atoms with Gasteiger partial charge in [-0.05, 0) is 35.9 Å². The van der Waals surface area contributed by atoms with Crippen LogP contribution in [-0.4, -0.2) is 12.1 Å². The minimum Gasteiger partial charge on any atom is -0.463 e. The lowest BCUT2D eigenvalue weighted by Gasteiger charge is -1.95. The zero-order chi connectivity index (χ0) is 15.4. The molecule has 110 valence electrons. The quantitative estimate of drug-likeness (QED) is 0.592. The molecule has 1 N–H and O–H groups in total. The van der Waals surface area contributed by atoms with Gasteiger partial charge in [-0.2, -0.15) is 5.10 Å². The Kier molecular flexibility index (Phi) is 3.82. The minimum absolute atomic E-state index is 0.107. The van der Waals surface area contributed by atoms with E-state index in [9.17, 15) is 9.18 Å². The Morgan fingerprint density at radius 1 is 1.14 bits per heavy atom. The van der Waals surface area contributed by atoms with Gasteiger partial charge in [0, 0.05) is 5.56 Å². The standard InChI is InChI=1S/C16H11FN2O3/c17-13-5-3-11(4-6-13)12-8-15(22-10-12)16(20)19-18-9-14-2-1-7-21-14/h1-10H,(H,19,20). The van der Waals surface area contributed by atoms with Gasteiger partial charge in [0.2, 0.25) is 0 Å². The molecular weight excluding hydrogens is 287 g/mol. The number of nitrogens with one attached hydrogen (secondary N) is 1. The lowest BCUT2D eigenvalue weighted by atomic mass is 10.1. The van der Waals surface area contributed by atoms with Crippen molar-refractivity contribution in [2.24, 2.45) is 5.10 Å². The molecule has 6 heteroatoms. The molecule has 0 atom stereocenters. The largest absolute Gasteiger partial charge is 0.463 e. The first-order chi connectivity index (χ1) is 10.7. The molecule has 2 heterocycles. The molecule has 0 aliphatic rings. The lowest BCUT2D eigenvalue weighted by molar-refractivity contribution is 0.0927. The Morgan fingerprint density at radius 3 is 2.68 bits per heavy atom. The van der Waals surface area contributed by atoms with Crippen LogP contribution < -0.4 is 5.43 Å². The van der Waals surface area contributed by atoms with Crippen molar-refractivity contribution in [2.45, 2.75) is 0 Å². The van der Waals surface area contributed by atoms with E-state index in [4.69, 9.17) is 8.83 Å². The van der Waals surface area contributed by atoms with Gasteiger partial charge in [-0.25, -0.2) is 9.82 Å². The summed E-state index contributed by atoms with van der Waals surface area (Å²) < 4.78 is 23.1. The maximum atomic E-state index is 12.9. The third-order valence-corrected chi connectivity index (χ3v) is 2.90. The second-order valence-corrected chi connectivity index (χ2v) is 4.42. The number of nitrogens with zero attached hydrogens (tertiary/aromatic N) is 1. The normalized spacial score (nSPS) is 11.0. The fourth-order valence-corrected chi connectivity index (χ4v) is 1.82. The number of amides is 1. The Bertz CT molecular complexity index is 789. The van der Waals surface area contributed by atoms with Crippen LogP contribution in [-0.2, 0) is 0 Å². The topological polar surface area (TPSA) is 67.7 Å². The molecule has 3 rings (SSSR count). The third kappa shape index (κ3) is 3.12. The van der Waals surface area contributed by atoms with E-state index >= 15 is 0 Å². The molecule has 0 saturated heterocycles. The smallest absolute Gasteiger partial charge is 0.307 e. The van der Waals surface area contributed by atoms with Crippen LogP contribution in [0.25, 0.3) is 11.1 Å². The summed E-state index contributed by atoms with van der Waals surface area (Å²) in [7, 11) is 0. The highest BCUT2D eigenvalue weighted by molar-refractivity contribution is 5.93. The average molecular weight is 298 g/mol. The zero-order valence-electron chi connectivity index (χ0n) is 11.3. The van der Waals surface area contributed by atoms with Crippen LogP contribution in [0.15, 0.2) is 68.9 Å². The van der Waals surface area contributed by atoms with Crippen molar-refractivity contribution in [1.82, 2.24) is 5.43 Å². The summed E-state index contributed by atoms with van der Waals surface area (Å²) in [6.45, 7) is 0. The van der Waals surface area contributed by atoms with Gasteiger partial charge in [-0.1, -0.05) is 12.1 Å². The summed E-state index contributed by atoms with van der Waals surface area (Å²) in [6.07, 6.45) is 4.31. The van der Waals surface area contributed by atoms with E-state index < -0.39 is 5.91 Å². The lowest BCUT2D eigenvalue weighted by Crippen LogP contribution is -2.16. The molecule has 3 aromatic rings. The van der Waals surface area contributed by atoms with Crippen LogP contribution in [0.1, 0.15) is 16.3 Å². The number of carbonyl (C=O) groups excluding carboxylic acids is 1. The predicted octanol–water partition coefficient (Wildman–Crippen LogP) is 3.44. The van der Waals surface area contributed by atoms with Crippen LogP contribution in [0.3, 0.4) is 0 Å². The fraction of sp³-hybridized carbons (Fsp3) is 0. The van der Waals surface area contributed by atoms with Crippen LogP contribution in [0, 0.1) is 5.82 Å². The summed E-state index contributed by atoms with van der Waals surface area (Å²) in [5.41, 5.74) is 3.76. The average Bonchev–Trinajstić information content (AvgIpc) is 3.19. The first-order valence-corrected chi connectivity index (χ1v) is 6.44. The van der Waals surface area contributed by atoms with E-state index in [1.165, 1.54) is 30.9 Å². The molecule has 0 aliphatic heterocycles. The summed E-state index contributed by atoms with van der Waals surface area (Å²) in [5, 5.41) is 3.76. The second kappa shape index (κ2) is 6.09. The Balaban J connectivity index is 1.68. The Labute approximate surface area is 125 Å². The maximum absolute atomic E-state index is 12.9. The molecule has 22 heavy (non-hydrogen) atoms. The number of hydrazone groups is 1. The van der Waals surface area contributed by atoms with Gasteiger partial charge in [0.25, 0.3) is 0 Å². The van der Waals surface area contributed by atoms with Crippen molar-refractivity contribution in [3.8, 4) is 11.1 Å². The van der Waals surface area contributed by atoms with Gasteiger partial charge in [0.05, 0.1) is 18.7 Å². The molecule has 0 bridgehead atoms. The van der Waals surface area contributed by atoms with Crippen molar-refractivity contribution < 1.29 is 18.0 Å². The molecule has 5 nitrogen and oxygen atoms in total. The van der Waals surface area contributed by atoms with E-state index in [1.807, 2.05) is 0 Å². The van der Waals surface area contributed by atoms with Crippen LogP contribution in [0.5, 0.6) is 0 Å². The van der Waals surface area contributed by atoms with Crippen molar-refractivity contribution in [2.75, 3.05) is 0 Å². The molecule has 1 amide bonds. The summed E-state index contributed by atoms with van der Waals surface area (Å²) >= 11 is 0. The molecule has 1 aromatic carbocycles. The Hall–Kier alpha value is -3.15. The summed E-state index contributed by atoms with van der Waals surface area (Å²) in [5.74, 6) is -0.184. The number of hydrogen-bond acceptors (Lipinski definition) is 4. The predicted molar refractivity (Wildman–Crippen MR) is 77.9 cm³/mol. The highest BCUT2D eigenvalue weighted by atomic mass is 19.1. The van der Waals surface area contributed by atoms with E-state index in [-0.39, 0.29) is 11.6 Å². The number of carbonyl (C=O) groups is 1. The number of benzene rings is 1. The summed E-state index contributed by atoms with van der Waals surface area (Å²) in [6, 6.07) is 10.9. The monoisotopic (exact) mass is 298 g/mol. The van der Waals surface area contributed by atoms with Crippen molar-refractivity contribution in [1.29, 1.82) is 0 Å². The molecule has 0 unspecified atom stereocenters. The van der Waals surface area contributed by atoms with Gasteiger partial charge >= 0.3 is 5.91 Å². The molecule has 2 aromatic heterocycles. The Morgan fingerprint density at radius 2 is 1.95 bits per heavy atom. The van der Waals surface area contributed by atoms with E-state index in [0.29, 0.717) is 11.3 Å². The van der Waals surface area contributed by atoms with Crippen molar-refractivity contribution in [3.63, 3.8) is 0 Å². The zero-order valence-corrected chi connectivity index (χ0v) is 11.3. The summed E-state index contributed by atoms with van der Waals surface area (Å²) in [4.78, 5) is 11.9. The SMILES string of the molecule is O=C(NN=Cc1ccco1)c1cc(-c2ccc(F)cc2)co1. The molecule has 0 radical (unpaired) electrons. The number of halogens is 1. The van der Waals surface area contributed by atoms with Crippen LogP contribution >= 0.6 is 0 Å². The fourth-order valence-electron chi connectivity index (χ4n) is 1.82. The first-order valence-electron chi connectivity index (χ1n) is 6.44. The third-order valence-electron chi connectivity index (χ3n) is 2.90. The molecule has 0 aliphatic carbocycles. The molecule has 0 spiro atoms. The molecule has 0 fully saturated rings. The number of hydrogen-bond donors (Lipinski definition) is 1. The highest BCUT2D eigenvalue weighted by Gasteiger charge is 2.11. The van der Waals surface area contributed by atoms with Gasteiger partial charge in [-0.3, -0.25) is 4.79 Å². The minimum atomic E-state index is -0.490. The first kappa shape index (κ1) is 13.8. The number of furan rings is 2. The maximum Gasteiger partial charge on any atom is 0.307 e. The van der Waals surface area contributed by atoms with Gasteiger partial charge < -0.3 is 8.83 Å². The highest BCUT2D eigenvalue weighted by Crippen LogP contribution is 2.22. The van der Waals surface area contributed by atoms with Gasteiger partial charge in [0.1, 0.15) is 11.6 Å². The van der Waals surface area contributed by atoms with Gasteiger partial charge in [0.15, 0.2) is 5.76 Å². The van der Waals surface area contributed by atoms with Crippen LogP contribution in [0.2, 0.25) is 0 Å². The van der Waals surface area contributed by atoms with Crippen LogP contribution in [0.4, 0.5) is 4.39 Å². The molecule has 0 saturated carbocycles. The molecular formula is C16H11FN2O3.